The summed E-state index contributed by atoms with van der Waals surface area (Å²) >= 11 is 0. The number of nitrogens with zero attached hydrogens (tertiary/aromatic N) is 1. The van der Waals surface area contributed by atoms with Crippen LogP contribution in [0.5, 0.6) is 0 Å². The Balaban J connectivity index is 3.12. The Morgan fingerprint density at radius 2 is 1.69 bits per heavy atom. The first-order valence-electron chi connectivity index (χ1n) is 6.19. The zero-order chi connectivity index (χ0) is 12.4. The summed E-state index contributed by atoms with van der Waals surface area (Å²) < 4.78 is 5.30. The lowest BCUT2D eigenvalue weighted by molar-refractivity contribution is -0.283. The molecule has 0 saturated carbocycles. The van der Waals surface area contributed by atoms with Crippen molar-refractivity contribution in [2.24, 2.45) is 0 Å². The molecule has 94 valence electrons. The molecule has 0 spiro atoms. The Morgan fingerprint density at radius 3 is 2.06 bits per heavy atom. The SMILES string of the molecule is CCC1(CC)COC(=O)C(CC)(CC)N1O. The Morgan fingerprint density at radius 1 is 1.19 bits per heavy atom. The first kappa shape index (κ1) is 13.5. The number of cyclic esters (lactones) is 1. The molecule has 0 amide bonds. The molecule has 0 radical (unpaired) electrons. The van der Waals surface area contributed by atoms with Gasteiger partial charge >= 0.3 is 5.97 Å². The van der Waals surface area contributed by atoms with Crippen LogP contribution in [0.25, 0.3) is 0 Å². The third-order valence-corrected chi connectivity index (χ3v) is 4.19. The number of hydrogen-bond donors (Lipinski definition) is 1. The lowest BCUT2D eigenvalue weighted by Gasteiger charge is -2.51. The molecule has 16 heavy (non-hydrogen) atoms. The molecule has 4 heteroatoms. The fourth-order valence-electron chi connectivity index (χ4n) is 2.53. The fraction of sp³-hybridized carbons (Fsp3) is 0.917. The van der Waals surface area contributed by atoms with Gasteiger partial charge in [0.2, 0.25) is 0 Å². The summed E-state index contributed by atoms with van der Waals surface area (Å²) in [5.74, 6) is -0.294. The summed E-state index contributed by atoms with van der Waals surface area (Å²) in [6, 6.07) is 0. The van der Waals surface area contributed by atoms with E-state index in [0.717, 1.165) is 12.8 Å². The van der Waals surface area contributed by atoms with Gasteiger partial charge in [0.15, 0.2) is 0 Å². The highest BCUT2D eigenvalue weighted by molar-refractivity contribution is 5.81. The van der Waals surface area contributed by atoms with E-state index < -0.39 is 11.1 Å². The van der Waals surface area contributed by atoms with E-state index in [4.69, 9.17) is 4.74 Å². The molecule has 4 nitrogen and oxygen atoms in total. The van der Waals surface area contributed by atoms with Crippen LogP contribution in [0.1, 0.15) is 53.4 Å². The van der Waals surface area contributed by atoms with Crippen LogP contribution >= 0.6 is 0 Å². The highest BCUT2D eigenvalue weighted by Crippen LogP contribution is 2.38. The van der Waals surface area contributed by atoms with Gasteiger partial charge in [-0.1, -0.05) is 27.7 Å². The minimum Gasteiger partial charge on any atom is -0.462 e. The maximum absolute atomic E-state index is 11.9. The van der Waals surface area contributed by atoms with Gasteiger partial charge in [0.25, 0.3) is 0 Å². The molecule has 1 fully saturated rings. The summed E-state index contributed by atoms with van der Waals surface area (Å²) in [5.41, 5.74) is -1.27. The lowest BCUT2D eigenvalue weighted by atomic mass is 9.82. The Hall–Kier alpha value is -0.610. The molecule has 0 aliphatic carbocycles. The van der Waals surface area contributed by atoms with E-state index in [1.54, 1.807) is 0 Å². The van der Waals surface area contributed by atoms with Crippen LogP contribution < -0.4 is 0 Å². The van der Waals surface area contributed by atoms with E-state index in [0.29, 0.717) is 12.8 Å². The van der Waals surface area contributed by atoms with Crippen LogP contribution in [0.3, 0.4) is 0 Å². The quantitative estimate of drug-likeness (QED) is 0.752. The van der Waals surface area contributed by atoms with E-state index in [1.165, 1.54) is 5.06 Å². The zero-order valence-electron chi connectivity index (χ0n) is 10.7. The van der Waals surface area contributed by atoms with Gasteiger partial charge in [-0.15, -0.1) is 0 Å². The van der Waals surface area contributed by atoms with Crippen molar-refractivity contribution in [1.82, 2.24) is 5.06 Å². The Labute approximate surface area is 97.5 Å². The maximum Gasteiger partial charge on any atom is 0.328 e. The molecule has 0 aromatic carbocycles. The predicted molar refractivity (Wildman–Crippen MR) is 61.2 cm³/mol. The van der Waals surface area contributed by atoms with Crippen LogP contribution in [0, 0.1) is 0 Å². The average molecular weight is 229 g/mol. The van der Waals surface area contributed by atoms with Gasteiger partial charge in [0.1, 0.15) is 12.1 Å². The van der Waals surface area contributed by atoms with Gasteiger partial charge < -0.3 is 9.94 Å². The first-order chi connectivity index (χ1) is 7.53. The van der Waals surface area contributed by atoms with E-state index in [-0.39, 0.29) is 12.6 Å². The van der Waals surface area contributed by atoms with Crippen LogP contribution in [-0.2, 0) is 9.53 Å². The summed E-state index contributed by atoms with van der Waals surface area (Å²) in [7, 11) is 0. The number of esters is 1. The molecule has 0 aromatic rings. The van der Waals surface area contributed by atoms with Gasteiger partial charge in [0.05, 0.1) is 5.54 Å². The smallest absolute Gasteiger partial charge is 0.328 e. The Bertz CT molecular complexity index is 257. The van der Waals surface area contributed by atoms with Crippen molar-refractivity contribution in [1.29, 1.82) is 0 Å². The van der Waals surface area contributed by atoms with Gasteiger partial charge in [-0.25, -0.2) is 4.79 Å². The van der Waals surface area contributed by atoms with E-state index in [1.807, 2.05) is 27.7 Å². The monoisotopic (exact) mass is 229 g/mol. The second-order valence-electron chi connectivity index (χ2n) is 4.56. The molecular weight excluding hydrogens is 206 g/mol. The zero-order valence-corrected chi connectivity index (χ0v) is 10.7. The summed E-state index contributed by atoms with van der Waals surface area (Å²) in [6.07, 6.45) is 2.69. The third kappa shape index (κ3) is 1.64. The number of hydroxylamine groups is 2. The molecule has 1 rings (SSSR count). The number of carbonyl (C=O) groups excluding carboxylic acids is 1. The highest BCUT2D eigenvalue weighted by Gasteiger charge is 2.54. The number of rotatable bonds is 4. The van der Waals surface area contributed by atoms with Gasteiger partial charge in [-0.3, -0.25) is 0 Å². The lowest BCUT2D eigenvalue weighted by Crippen LogP contribution is -2.68. The molecule has 1 aliphatic heterocycles. The molecule has 0 unspecified atom stereocenters. The second kappa shape index (κ2) is 4.72. The normalized spacial score (nSPS) is 24.2. The van der Waals surface area contributed by atoms with Crippen molar-refractivity contribution in [3.63, 3.8) is 0 Å². The van der Waals surface area contributed by atoms with Crippen molar-refractivity contribution < 1.29 is 14.7 Å². The number of ether oxygens (including phenoxy) is 1. The number of morpholine rings is 1. The van der Waals surface area contributed by atoms with E-state index >= 15 is 0 Å². The molecule has 1 heterocycles. The average Bonchev–Trinajstić information content (AvgIpc) is 2.32. The van der Waals surface area contributed by atoms with Crippen molar-refractivity contribution in [2.75, 3.05) is 6.61 Å². The maximum atomic E-state index is 11.9. The van der Waals surface area contributed by atoms with Crippen molar-refractivity contribution in [3.8, 4) is 0 Å². The minimum absolute atomic E-state index is 0.289. The highest BCUT2D eigenvalue weighted by atomic mass is 16.6. The topological polar surface area (TPSA) is 49.8 Å². The molecule has 0 atom stereocenters. The molecular formula is C12H23NO3. The molecule has 1 aliphatic rings. The predicted octanol–water partition coefficient (Wildman–Crippen LogP) is 2.35. The second-order valence-corrected chi connectivity index (χ2v) is 4.56. The number of hydrogen-bond acceptors (Lipinski definition) is 4. The Kier molecular flexibility index (Phi) is 3.97. The molecule has 1 saturated heterocycles. The van der Waals surface area contributed by atoms with Crippen LogP contribution in [0.15, 0.2) is 0 Å². The van der Waals surface area contributed by atoms with Crippen molar-refractivity contribution in [3.05, 3.63) is 0 Å². The number of carbonyl (C=O) groups is 1. The van der Waals surface area contributed by atoms with E-state index in [9.17, 15) is 10.0 Å². The third-order valence-electron chi connectivity index (χ3n) is 4.19. The summed E-state index contributed by atoms with van der Waals surface area (Å²) in [5, 5.41) is 11.7. The molecule has 0 bridgehead atoms. The molecule has 1 N–H and O–H groups in total. The van der Waals surface area contributed by atoms with Gasteiger partial charge in [-0.2, -0.15) is 5.06 Å². The summed E-state index contributed by atoms with van der Waals surface area (Å²) in [6.45, 7) is 8.14. The van der Waals surface area contributed by atoms with Crippen molar-refractivity contribution >= 4 is 5.97 Å². The van der Waals surface area contributed by atoms with Gasteiger partial charge in [-0.05, 0) is 25.7 Å². The van der Waals surface area contributed by atoms with Crippen LogP contribution in [0.2, 0.25) is 0 Å². The van der Waals surface area contributed by atoms with E-state index in [2.05, 4.69) is 0 Å². The summed E-state index contributed by atoms with van der Waals surface area (Å²) in [4.78, 5) is 11.9. The van der Waals surface area contributed by atoms with Crippen LogP contribution in [0.4, 0.5) is 0 Å². The molecule has 0 aromatic heterocycles. The standard InChI is InChI=1S/C12H23NO3/c1-5-11(6-2)9-16-10(14)12(7-3,8-4)13(11)15/h15H,5-9H2,1-4H3. The fourth-order valence-corrected chi connectivity index (χ4v) is 2.53. The van der Waals surface area contributed by atoms with Crippen LogP contribution in [-0.4, -0.2) is 33.9 Å². The van der Waals surface area contributed by atoms with Gasteiger partial charge in [0, 0.05) is 0 Å². The largest absolute Gasteiger partial charge is 0.462 e. The van der Waals surface area contributed by atoms with Crippen molar-refractivity contribution in [2.45, 2.75) is 64.5 Å². The minimum atomic E-state index is -0.857. The first-order valence-corrected chi connectivity index (χ1v) is 6.19.